The van der Waals surface area contributed by atoms with Crippen LogP contribution in [0.1, 0.15) is 26.3 Å². The van der Waals surface area contributed by atoms with E-state index in [0.29, 0.717) is 11.3 Å². The molecule has 0 aromatic heterocycles. The summed E-state index contributed by atoms with van der Waals surface area (Å²) in [6, 6.07) is 10.2. The fraction of sp³-hybridized carbons (Fsp3) is 0.333. The van der Waals surface area contributed by atoms with Crippen molar-refractivity contribution in [1.82, 2.24) is 10.2 Å². The van der Waals surface area contributed by atoms with Gasteiger partial charge in [-0.1, -0.05) is 12.1 Å². The van der Waals surface area contributed by atoms with Crippen LogP contribution in [-0.4, -0.2) is 35.4 Å². The van der Waals surface area contributed by atoms with Crippen LogP contribution >= 0.6 is 0 Å². The number of hydrogen-bond donors (Lipinski definition) is 1. The van der Waals surface area contributed by atoms with Crippen LogP contribution in [0.15, 0.2) is 48.5 Å². The average Bonchev–Trinajstić information content (AvgIpc) is 2.65. The van der Waals surface area contributed by atoms with E-state index in [4.69, 9.17) is 4.74 Å². The number of nitrogens with one attached hydrogen (secondary N) is 1. The summed E-state index contributed by atoms with van der Waals surface area (Å²) in [7, 11) is 0. The normalized spacial score (nSPS) is 11.8. The molecule has 1 atom stereocenters. The summed E-state index contributed by atoms with van der Waals surface area (Å²) >= 11 is 0. The maximum absolute atomic E-state index is 13.2. The van der Waals surface area contributed by atoms with Crippen molar-refractivity contribution in [3.8, 4) is 5.75 Å². The minimum absolute atomic E-state index is 0.0758. The van der Waals surface area contributed by atoms with Crippen molar-refractivity contribution in [3.63, 3.8) is 0 Å². The molecular formula is C21H24F2N2O3. The van der Waals surface area contributed by atoms with Gasteiger partial charge in [-0.05, 0) is 62.7 Å². The molecule has 0 aliphatic carbocycles. The number of amides is 2. The van der Waals surface area contributed by atoms with Crippen LogP contribution in [0.25, 0.3) is 0 Å². The molecule has 0 bridgehead atoms. The van der Waals surface area contributed by atoms with E-state index in [9.17, 15) is 18.4 Å². The molecule has 2 aromatic carbocycles. The van der Waals surface area contributed by atoms with E-state index in [-0.39, 0.29) is 30.9 Å². The van der Waals surface area contributed by atoms with Gasteiger partial charge in [0.1, 0.15) is 23.4 Å². The monoisotopic (exact) mass is 390 g/mol. The van der Waals surface area contributed by atoms with Crippen LogP contribution in [0.4, 0.5) is 8.78 Å². The summed E-state index contributed by atoms with van der Waals surface area (Å²) < 4.78 is 31.6. The number of benzene rings is 2. The van der Waals surface area contributed by atoms with Gasteiger partial charge in [-0.2, -0.15) is 0 Å². The Morgan fingerprint density at radius 2 is 1.50 bits per heavy atom. The van der Waals surface area contributed by atoms with E-state index >= 15 is 0 Å². The van der Waals surface area contributed by atoms with Gasteiger partial charge >= 0.3 is 0 Å². The fourth-order valence-corrected chi connectivity index (χ4v) is 2.53. The molecule has 0 aliphatic heterocycles. The van der Waals surface area contributed by atoms with Crippen LogP contribution in [0.3, 0.4) is 0 Å². The van der Waals surface area contributed by atoms with E-state index < -0.39 is 17.8 Å². The van der Waals surface area contributed by atoms with Gasteiger partial charge < -0.3 is 15.0 Å². The Balaban J connectivity index is 2.12. The smallest absolute Gasteiger partial charge is 0.261 e. The lowest BCUT2D eigenvalue weighted by Crippen LogP contribution is -2.50. The highest BCUT2D eigenvalue weighted by Crippen LogP contribution is 2.14. The van der Waals surface area contributed by atoms with Gasteiger partial charge in [0.15, 0.2) is 6.61 Å². The van der Waals surface area contributed by atoms with Crippen LogP contribution < -0.4 is 10.1 Å². The van der Waals surface area contributed by atoms with E-state index in [1.54, 1.807) is 19.1 Å². The van der Waals surface area contributed by atoms with Gasteiger partial charge in [-0.15, -0.1) is 0 Å². The van der Waals surface area contributed by atoms with E-state index in [1.807, 2.05) is 13.8 Å². The van der Waals surface area contributed by atoms with Crippen LogP contribution in [-0.2, 0) is 16.1 Å². The number of halogens is 2. The van der Waals surface area contributed by atoms with Crippen LogP contribution in [0, 0.1) is 11.6 Å². The first-order valence-electron chi connectivity index (χ1n) is 8.99. The van der Waals surface area contributed by atoms with E-state index in [1.165, 1.54) is 41.3 Å². The zero-order chi connectivity index (χ0) is 20.7. The largest absolute Gasteiger partial charge is 0.484 e. The maximum atomic E-state index is 13.2. The number of carbonyl (C=O) groups excluding carboxylic acids is 2. The van der Waals surface area contributed by atoms with Crippen molar-refractivity contribution in [2.24, 2.45) is 0 Å². The Morgan fingerprint density at radius 1 is 0.964 bits per heavy atom. The molecule has 2 rings (SSSR count). The lowest BCUT2D eigenvalue weighted by Gasteiger charge is -2.29. The minimum atomic E-state index is -0.753. The average molecular weight is 390 g/mol. The zero-order valence-electron chi connectivity index (χ0n) is 16.1. The fourth-order valence-electron chi connectivity index (χ4n) is 2.53. The number of carbonyl (C=O) groups is 2. The predicted octanol–water partition coefficient (Wildman–Crippen LogP) is 3.29. The molecule has 0 spiro atoms. The topological polar surface area (TPSA) is 58.6 Å². The third kappa shape index (κ3) is 6.33. The predicted molar refractivity (Wildman–Crippen MR) is 102 cm³/mol. The molecule has 2 aromatic rings. The quantitative estimate of drug-likeness (QED) is 0.753. The third-order valence-corrected chi connectivity index (χ3v) is 4.04. The number of nitrogens with zero attached hydrogens (tertiary/aromatic N) is 1. The van der Waals surface area contributed by atoms with Crippen LogP contribution in [0.2, 0.25) is 0 Å². The first-order valence-corrected chi connectivity index (χ1v) is 8.99. The standard InChI is InChI=1S/C21H24F2N2O3/c1-14(2)24-21(27)15(3)25(12-16-4-6-17(22)7-5-16)20(26)13-28-19-10-8-18(23)9-11-19/h4-11,14-15H,12-13H2,1-3H3,(H,24,27). The molecule has 150 valence electrons. The molecule has 0 fully saturated rings. The SMILES string of the molecule is CC(C)NC(=O)C(C)N(Cc1ccc(F)cc1)C(=O)COc1ccc(F)cc1. The highest BCUT2D eigenvalue weighted by Gasteiger charge is 2.26. The van der Waals surface area contributed by atoms with E-state index in [0.717, 1.165) is 0 Å². The van der Waals surface area contributed by atoms with Crippen LogP contribution in [0.5, 0.6) is 5.75 Å². The lowest BCUT2D eigenvalue weighted by molar-refractivity contribution is -0.142. The second kappa shape index (κ2) is 9.82. The molecule has 5 nitrogen and oxygen atoms in total. The summed E-state index contributed by atoms with van der Waals surface area (Å²) in [5.74, 6) is -1.16. The third-order valence-electron chi connectivity index (χ3n) is 4.04. The molecule has 1 N–H and O–H groups in total. The van der Waals surface area contributed by atoms with Gasteiger partial charge in [-0.3, -0.25) is 9.59 Å². The zero-order valence-corrected chi connectivity index (χ0v) is 16.1. The highest BCUT2D eigenvalue weighted by molar-refractivity contribution is 5.88. The number of rotatable bonds is 8. The highest BCUT2D eigenvalue weighted by atomic mass is 19.1. The Bertz CT molecular complexity index is 792. The van der Waals surface area contributed by atoms with Crippen molar-refractivity contribution in [2.45, 2.75) is 39.4 Å². The molecule has 28 heavy (non-hydrogen) atoms. The second-order valence-electron chi connectivity index (χ2n) is 6.73. The molecule has 0 aliphatic rings. The lowest BCUT2D eigenvalue weighted by atomic mass is 10.1. The maximum Gasteiger partial charge on any atom is 0.261 e. The van der Waals surface area contributed by atoms with Gasteiger partial charge in [0, 0.05) is 12.6 Å². The Hall–Kier alpha value is -2.96. The summed E-state index contributed by atoms with van der Waals surface area (Å²) in [4.78, 5) is 26.5. The van der Waals surface area contributed by atoms with Crippen molar-refractivity contribution >= 4 is 11.8 Å². The summed E-state index contributed by atoms with van der Waals surface area (Å²) in [6.45, 7) is 5.09. The number of hydrogen-bond acceptors (Lipinski definition) is 3. The molecule has 0 saturated heterocycles. The summed E-state index contributed by atoms with van der Waals surface area (Å²) in [6.07, 6.45) is 0. The Kier molecular flexibility index (Phi) is 7.49. The molecule has 2 amide bonds. The summed E-state index contributed by atoms with van der Waals surface area (Å²) in [5, 5.41) is 2.78. The van der Waals surface area contributed by atoms with Gasteiger partial charge in [0.05, 0.1) is 0 Å². The Labute approximate surface area is 163 Å². The van der Waals surface area contributed by atoms with Crippen molar-refractivity contribution in [1.29, 1.82) is 0 Å². The first kappa shape index (κ1) is 21.3. The molecule has 7 heteroatoms. The van der Waals surface area contributed by atoms with Crippen molar-refractivity contribution < 1.29 is 23.1 Å². The van der Waals surface area contributed by atoms with Gasteiger partial charge in [-0.25, -0.2) is 8.78 Å². The minimum Gasteiger partial charge on any atom is -0.484 e. The molecule has 0 radical (unpaired) electrons. The van der Waals surface area contributed by atoms with Crippen molar-refractivity contribution in [2.75, 3.05) is 6.61 Å². The first-order chi connectivity index (χ1) is 13.3. The molecule has 1 unspecified atom stereocenters. The Morgan fingerprint density at radius 3 is 2.04 bits per heavy atom. The molecular weight excluding hydrogens is 366 g/mol. The second-order valence-corrected chi connectivity index (χ2v) is 6.73. The molecule has 0 heterocycles. The van der Waals surface area contributed by atoms with E-state index in [2.05, 4.69) is 5.32 Å². The van der Waals surface area contributed by atoms with Gasteiger partial charge in [0.2, 0.25) is 5.91 Å². The number of ether oxygens (including phenoxy) is 1. The van der Waals surface area contributed by atoms with Crippen molar-refractivity contribution in [3.05, 3.63) is 65.7 Å². The summed E-state index contributed by atoms with van der Waals surface area (Å²) in [5.41, 5.74) is 0.681. The van der Waals surface area contributed by atoms with Gasteiger partial charge in [0.25, 0.3) is 5.91 Å². The molecule has 0 saturated carbocycles.